The molecule has 1 aromatic heterocycles. The molecule has 0 amide bonds. The summed E-state index contributed by atoms with van der Waals surface area (Å²) in [7, 11) is 0. The molecule has 0 bridgehead atoms. The molecule has 1 heteroatoms. The van der Waals surface area contributed by atoms with Crippen LogP contribution in [0.25, 0.3) is 20.9 Å². The standard InChI is InChI=1S/C17H14S/c1-13-7-9-15(10-8-13)17-12-11-16(18-17)14-5-3-2-4-6-14/h2-12H,1H3. The molecule has 0 N–H and O–H groups in total. The van der Waals surface area contributed by atoms with Crippen LogP contribution in [0.2, 0.25) is 0 Å². The first kappa shape index (κ1) is 11.2. The summed E-state index contributed by atoms with van der Waals surface area (Å²) in [5.41, 5.74) is 3.90. The molecule has 0 aliphatic heterocycles. The van der Waals surface area contributed by atoms with Gasteiger partial charge in [0.15, 0.2) is 0 Å². The van der Waals surface area contributed by atoms with Gasteiger partial charge in [0.05, 0.1) is 0 Å². The van der Waals surface area contributed by atoms with E-state index in [1.165, 1.54) is 26.4 Å². The second-order valence-electron chi connectivity index (χ2n) is 4.40. The Morgan fingerprint density at radius 3 is 1.78 bits per heavy atom. The van der Waals surface area contributed by atoms with E-state index in [0.29, 0.717) is 0 Å². The van der Waals surface area contributed by atoms with Crippen molar-refractivity contribution in [3.8, 4) is 20.9 Å². The van der Waals surface area contributed by atoms with Crippen LogP contribution >= 0.6 is 11.3 Å². The molecule has 88 valence electrons. The van der Waals surface area contributed by atoms with Crippen LogP contribution in [0.5, 0.6) is 0 Å². The minimum absolute atomic E-state index is 1.29. The number of thiophene rings is 1. The lowest BCUT2D eigenvalue weighted by Gasteiger charge is -1.98. The molecule has 18 heavy (non-hydrogen) atoms. The molecule has 0 saturated heterocycles. The Kier molecular flexibility index (Phi) is 2.99. The smallest absolute Gasteiger partial charge is 0.0349 e. The summed E-state index contributed by atoms with van der Waals surface area (Å²) in [6, 6.07) is 23.7. The molecule has 0 fully saturated rings. The largest absolute Gasteiger partial charge is 0.135 e. The lowest BCUT2D eigenvalue weighted by molar-refractivity contribution is 1.48. The minimum Gasteiger partial charge on any atom is -0.135 e. The lowest BCUT2D eigenvalue weighted by Crippen LogP contribution is -1.73. The highest BCUT2D eigenvalue weighted by atomic mass is 32.1. The van der Waals surface area contributed by atoms with Crippen LogP contribution in [0.3, 0.4) is 0 Å². The monoisotopic (exact) mass is 250 g/mol. The Labute approximate surface area is 112 Å². The van der Waals surface area contributed by atoms with Gasteiger partial charge in [-0.1, -0.05) is 60.2 Å². The molecular formula is C17H14S. The van der Waals surface area contributed by atoms with Gasteiger partial charge in [0.2, 0.25) is 0 Å². The van der Waals surface area contributed by atoms with E-state index in [0.717, 1.165) is 0 Å². The molecule has 1 heterocycles. The summed E-state index contributed by atoms with van der Waals surface area (Å²) in [6.45, 7) is 2.12. The summed E-state index contributed by atoms with van der Waals surface area (Å²) in [4.78, 5) is 2.65. The van der Waals surface area contributed by atoms with Gasteiger partial charge >= 0.3 is 0 Å². The average Bonchev–Trinajstić information content (AvgIpc) is 2.90. The third-order valence-corrected chi connectivity index (χ3v) is 4.18. The summed E-state index contributed by atoms with van der Waals surface area (Å²) < 4.78 is 0. The number of rotatable bonds is 2. The van der Waals surface area contributed by atoms with E-state index in [4.69, 9.17) is 0 Å². The van der Waals surface area contributed by atoms with Crippen LogP contribution in [0.1, 0.15) is 5.56 Å². The molecule has 0 atom stereocenters. The second kappa shape index (κ2) is 4.79. The van der Waals surface area contributed by atoms with E-state index in [9.17, 15) is 0 Å². The number of hydrogen-bond donors (Lipinski definition) is 0. The Bertz CT molecular complexity index is 633. The highest BCUT2D eigenvalue weighted by molar-refractivity contribution is 7.18. The van der Waals surface area contributed by atoms with Crippen molar-refractivity contribution in [1.82, 2.24) is 0 Å². The third-order valence-electron chi connectivity index (χ3n) is 3.00. The van der Waals surface area contributed by atoms with Crippen molar-refractivity contribution in [1.29, 1.82) is 0 Å². The summed E-state index contributed by atoms with van der Waals surface area (Å²) in [5.74, 6) is 0. The maximum absolute atomic E-state index is 2.21. The second-order valence-corrected chi connectivity index (χ2v) is 5.48. The normalized spacial score (nSPS) is 10.5. The van der Waals surface area contributed by atoms with Crippen molar-refractivity contribution in [3.63, 3.8) is 0 Å². The topological polar surface area (TPSA) is 0 Å². The van der Waals surface area contributed by atoms with E-state index in [2.05, 4.69) is 73.7 Å². The highest BCUT2D eigenvalue weighted by Gasteiger charge is 2.04. The third kappa shape index (κ3) is 2.22. The van der Waals surface area contributed by atoms with Gasteiger partial charge in [-0.3, -0.25) is 0 Å². The van der Waals surface area contributed by atoms with E-state index >= 15 is 0 Å². The van der Waals surface area contributed by atoms with Crippen LogP contribution in [0, 0.1) is 6.92 Å². The van der Waals surface area contributed by atoms with Crippen molar-refractivity contribution in [2.45, 2.75) is 6.92 Å². The predicted molar refractivity (Wildman–Crippen MR) is 79.9 cm³/mol. The van der Waals surface area contributed by atoms with Crippen LogP contribution in [0.4, 0.5) is 0 Å². The van der Waals surface area contributed by atoms with Crippen LogP contribution in [0.15, 0.2) is 66.7 Å². The Morgan fingerprint density at radius 1 is 0.611 bits per heavy atom. The Hall–Kier alpha value is -1.86. The van der Waals surface area contributed by atoms with Gasteiger partial charge in [-0.15, -0.1) is 11.3 Å². The lowest BCUT2D eigenvalue weighted by atomic mass is 10.1. The first-order chi connectivity index (χ1) is 8.83. The number of benzene rings is 2. The van der Waals surface area contributed by atoms with Crippen LogP contribution in [-0.2, 0) is 0 Å². The van der Waals surface area contributed by atoms with Crippen molar-refractivity contribution < 1.29 is 0 Å². The highest BCUT2D eigenvalue weighted by Crippen LogP contribution is 2.34. The molecule has 3 aromatic rings. The SMILES string of the molecule is Cc1ccc(-c2ccc(-c3ccccc3)s2)cc1. The fourth-order valence-electron chi connectivity index (χ4n) is 1.97. The first-order valence-electron chi connectivity index (χ1n) is 6.05. The fraction of sp³-hybridized carbons (Fsp3) is 0.0588. The molecular weight excluding hydrogens is 236 g/mol. The predicted octanol–water partition coefficient (Wildman–Crippen LogP) is 5.39. The fourth-order valence-corrected chi connectivity index (χ4v) is 2.99. The Balaban J connectivity index is 1.97. The summed E-state index contributed by atoms with van der Waals surface area (Å²) >= 11 is 1.84. The molecule has 0 spiro atoms. The van der Waals surface area contributed by atoms with Gasteiger partial charge in [0.25, 0.3) is 0 Å². The zero-order chi connectivity index (χ0) is 12.4. The number of aryl methyl sites for hydroxylation is 1. The van der Waals surface area contributed by atoms with Gasteiger partial charge < -0.3 is 0 Å². The number of hydrogen-bond acceptors (Lipinski definition) is 1. The molecule has 0 unspecified atom stereocenters. The van der Waals surface area contributed by atoms with E-state index in [1.807, 2.05) is 11.3 Å². The maximum Gasteiger partial charge on any atom is 0.0349 e. The van der Waals surface area contributed by atoms with Gasteiger partial charge in [-0.25, -0.2) is 0 Å². The first-order valence-corrected chi connectivity index (χ1v) is 6.87. The molecule has 0 aliphatic rings. The van der Waals surface area contributed by atoms with Crippen molar-refractivity contribution in [2.24, 2.45) is 0 Å². The minimum atomic E-state index is 1.29. The molecule has 0 nitrogen and oxygen atoms in total. The zero-order valence-electron chi connectivity index (χ0n) is 10.3. The van der Waals surface area contributed by atoms with Crippen LogP contribution in [-0.4, -0.2) is 0 Å². The molecule has 0 radical (unpaired) electrons. The van der Waals surface area contributed by atoms with Crippen molar-refractivity contribution in [3.05, 3.63) is 72.3 Å². The average molecular weight is 250 g/mol. The van der Waals surface area contributed by atoms with E-state index < -0.39 is 0 Å². The quantitative estimate of drug-likeness (QED) is 0.572. The summed E-state index contributed by atoms with van der Waals surface area (Å²) in [5, 5.41) is 0. The van der Waals surface area contributed by atoms with Gasteiger partial charge in [-0.05, 0) is 30.2 Å². The zero-order valence-corrected chi connectivity index (χ0v) is 11.1. The van der Waals surface area contributed by atoms with Crippen molar-refractivity contribution >= 4 is 11.3 Å². The molecule has 3 rings (SSSR count). The van der Waals surface area contributed by atoms with Crippen molar-refractivity contribution in [2.75, 3.05) is 0 Å². The van der Waals surface area contributed by atoms with Gasteiger partial charge in [0.1, 0.15) is 0 Å². The van der Waals surface area contributed by atoms with Gasteiger partial charge in [-0.2, -0.15) is 0 Å². The molecule has 0 aliphatic carbocycles. The van der Waals surface area contributed by atoms with E-state index in [1.54, 1.807) is 0 Å². The summed E-state index contributed by atoms with van der Waals surface area (Å²) in [6.07, 6.45) is 0. The Morgan fingerprint density at radius 2 is 1.17 bits per heavy atom. The van der Waals surface area contributed by atoms with Crippen LogP contribution < -0.4 is 0 Å². The van der Waals surface area contributed by atoms with E-state index in [-0.39, 0.29) is 0 Å². The maximum atomic E-state index is 2.21. The molecule has 0 saturated carbocycles. The molecule has 2 aromatic carbocycles. The van der Waals surface area contributed by atoms with Gasteiger partial charge in [0, 0.05) is 9.75 Å².